The van der Waals surface area contributed by atoms with E-state index in [0.717, 1.165) is 13.1 Å². The zero-order valence-electron chi connectivity index (χ0n) is 14.7. The lowest BCUT2D eigenvalue weighted by atomic mass is 10.0. The molecule has 0 radical (unpaired) electrons. The maximum Gasteiger partial charge on any atom is 0.213 e. The number of piperidine rings is 1. The Morgan fingerprint density at radius 3 is 2.58 bits per heavy atom. The third-order valence-corrected chi connectivity index (χ3v) is 4.87. The van der Waals surface area contributed by atoms with Crippen molar-refractivity contribution in [3.05, 3.63) is 59.8 Å². The molecule has 4 nitrogen and oxygen atoms in total. The normalized spacial score (nSPS) is 16.5. The van der Waals surface area contributed by atoms with Gasteiger partial charge < -0.3 is 4.74 Å². The van der Waals surface area contributed by atoms with Crippen molar-refractivity contribution in [3.8, 4) is 5.88 Å². The first-order valence-electron chi connectivity index (χ1n) is 8.70. The first-order valence-corrected chi connectivity index (χ1v) is 8.70. The Labute approximate surface area is 145 Å². The summed E-state index contributed by atoms with van der Waals surface area (Å²) in [5.74, 6) is 0.693. The average Bonchev–Trinajstić information content (AvgIpc) is 2.63. The van der Waals surface area contributed by atoms with Crippen molar-refractivity contribution in [2.45, 2.75) is 32.0 Å². The summed E-state index contributed by atoms with van der Waals surface area (Å²) < 4.78 is 5.22. The molecule has 2 heterocycles. The van der Waals surface area contributed by atoms with Crippen LogP contribution in [0.15, 0.2) is 48.7 Å². The topological polar surface area (TPSA) is 28.6 Å². The largest absolute Gasteiger partial charge is 0.481 e. The number of ether oxygens (including phenoxy) is 1. The molecule has 128 valence electrons. The molecule has 0 saturated carbocycles. The summed E-state index contributed by atoms with van der Waals surface area (Å²) >= 11 is 0. The molecule has 0 unspecified atom stereocenters. The van der Waals surface area contributed by atoms with Gasteiger partial charge in [0.15, 0.2) is 0 Å². The van der Waals surface area contributed by atoms with E-state index in [4.69, 9.17) is 4.74 Å². The zero-order chi connectivity index (χ0) is 16.8. The minimum absolute atomic E-state index is 0.649. The van der Waals surface area contributed by atoms with Gasteiger partial charge in [0, 0.05) is 31.4 Å². The number of nitrogens with zero attached hydrogens (tertiary/aromatic N) is 3. The van der Waals surface area contributed by atoms with Crippen LogP contribution in [-0.2, 0) is 13.1 Å². The van der Waals surface area contributed by atoms with Crippen molar-refractivity contribution in [2.24, 2.45) is 0 Å². The second kappa shape index (κ2) is 8.27. The first kappa shape index (κ1) is 16.9. The summed E-state index contributed by atoms with van der Waals surface area (Å²) in [6.45, 7) is 4.36. The van der Waals surface area contributed by atoms with Crippen LogP contribution in [0.25, 0.3) is 0 Å². The van der Waals surface area contributed by atoms with Crippen LogP contribution in [-0.4, -0.2) is 48.1 Å². The first-order chi connectivity index (χ1) is 11.7. The zero-order valence-corrected chi connectivity index (χ0v) is 14.7. The van der Waals surface area contributed by atoms with Crippen LogP contribution in [0.1, 0.15) is 24.0 Å². The lowest BCUT2D eigenvalue weighted by molar-refractivity contribution is 0.119. The molecule has 1 aromatic heterocycles. The molecule has 24 heavy (non-hydrogen) atoms. The highest BCUT2D eigenvalue weighted by Gasteiger charge is 2.22. The van der Waals surface area contributed by atoms with E-state index in [2.05, 4.69) is 58.2 Å². The lowest BCUT2D eigenvalue weighted by Gasteiger charge is -2.36. The monoisotopic (exact) mass is 325 g/mol. The van der Waals surface area contributed by atoms with E-state index in [1.165, 1.54) is 37.1 Å². The van der Waals surface area contributed by atoms with Crippen LogP contribution < -0.4 is 4.74 Å². The second-order valence-corrected chi connectivity index (χ2v) is 6.61. The fourth-order valence-corrected chi connectivity index (χ4v) is 3.44. The summed E-state index contributed by atoms with van der Waals surface area (Å²) in [5.41, 5.74) is 2.67. The molecule has 0 bridgehead atoms. The molecule has 0 amide bonds. The van der Waals surface area contributed by atoms with Crippen LogP contribution in [0.3, 0.4) is 0 Å². The van der Waals surface area contributed by atoms with Gasteiger partial charge in [-0.2, -0.15) is 0 Å². The van der Waals surface area contributed by atoms with Crippen molar-refractivity contribution in [1.29, 1.82) is 0 Å². The fraction of sp³-hybridized carbons (Fsp3) is 0.450. The van der Waals surface area contributed by atoms with Gasteiger partial charge >= 0.3 is 0 Å². The molecule has 1 saturated heterocycles. The number of aromatic nitrogens is 1. The van der Waals surface area contributed by atoms with Crippen LogP contribution in [0.2, 0.25) is 0 Å². The molecular formula is C20H27N3O. The molecule has 0 atom stereocenters. The van der Waals surface area contributed by atoms with Gasteiger partial charge in [0.25, 0.3) is 0 Å². The molecule has 1 aliphatic rings. The lowest BCUT2D eigenvalue weighted by Crippen LogP contribution is -2.42. The summed E-state index contributed by atoms with van der Waals surface area (Å²) in [6, 6.07) is 15.5. The van der Waals surface area contributed by atoms with Crippen LogP contribution in [0, 0.1) is 0 Å². The van der Waals surface area contributed by atoms with Gasteiger partial charge in [0.05, 0.1) is 7.11 Å². The standard InChI is InChI=1S/C20H27N3O/c1-22(15-18-8-11-21-20(14-18)24-2)19-9-12-23(13-10-19)16-17-6-4-3-5-7-17/h3-8,11,14,19H,9-10,12-13,15-16H2,1-2H3. The molecule has 2 aromatic rings. The Balaban J connectivity index is 1.48. The molecule has 3 rings (SSSR count). The van der Waals surface area contributed by atoms with Gasteiger partial charge in [-0.1, -0.05) is 30.3 Å². The Kier molecular flexibility index (Phi) is 5.83. The minimum Gasteiger partial charge on any atom is -0.481 e. The maximum atomic E-state index is 5.22. The third kappa shape index (κ3) is 4.56. The highest BCUT2D eigenvalue weighted by atomic mass is 16.5. The SMILES string of the molecule is COc1cc(CN(C)C2CCN(Cc3ccccc3)CC2)ccn1. The Morgan fingerprint density at radius 2 is 1.88 bits per heavy atom. The van der Waals surface area contributed by atoms with Crippen LogP contribution in [0.5, 0.6) is 5.88 Å². The van der Waals surface area contributed by atoms with Gasteiger partial charge in [-0.15, -0.1) is 0 Å². The summed E-state index contributed by atoms with van der Waals surface area (Å²) in [7, 11) is 3.89. The van der Waals surface area contributed by atoms with Crippen molar-refractivity contribution in [3.63, 3.8) is 0 Å². The van der Waals surface area contributed by atoms with Gasteiger partial charge in [0.1, 0.15) is 0 Å². The van der Waals surface area contributed by atoms with Crippen molar-refractivity contribution >= 4 is 0 Å². The summed E-state index contributed by atoms with van der Waals surface area (Å²) in [5, 5.41) is 0. The number of methoxy groups -OCH3 is 1. The van der Waals surface area contributed by atoms with Crippen LogP contribution in [0.4, 0.5) is 0 Å². The maximum absolute atomic E-state index is 5.22. The van der Waals surface area contributed by atoms with E-state index in [-0.39, 0.29) is 0 Å². The highest BCUT2D eigenvalue weighted by molar-refractivity contribution is 5.20. The molecule has 1 fully saturated rings. The highest BCUT2D eigenvalue weighted by Crippen LogP contribution is 2.20. The Hall–Kier alpha value is -1.91. The van der Waals surface area contributed by atoms with Crippen molar-refractivity contribution in [2.75, 3.05) is 27.2 Å². The molecule has 0 N–H and O–H groups in total. The Morgan fingerprint density at radius 1 is 1.12 bits per heavy atom. The van der Waals surface area contributed by atoms with Gasteiger partial charge in [0.2, 0.25) is 5.88 Å². The fourth-order valence-electron chi connectivity index (χ4n) is 3.44. The average molecular weight is 325 g/mol. The molecular weight excluding hydrogens is 298 g/mol. The van der Waals surface area contributed by atoms with Gasteiger partial charge in [-0.05, 0) is 50.2 Å². The number of hydrogen-bond donors (Lipinski definition) is 0. The predicted molar refractivity (Wildman–Crippen MR) is 97.0 cm³/mol. The second-order valence-electron chi connectivity index (χ2n) is 6.61. The van der Waals surface area contributed by atoms with E-state index < -0.39 is 0 Å². The van der Waals surface area contributed by atoms with E-state index in [1.54, 1.807) is 7.11 Å². The van der Waals surface area contributed by atoms with Crippen molar-refractivity contribution < 1.29 is 4.74 Å². The van der Waals surface area contributed by atoms with Crippen LogP contribution >= 0.6 is 0 Å². The smallest absolute Gasteiger partial charge is 0.213 e. The number of hydrogen-bond acceptors (Lipinski definition) is 4. The molecule has 1 aromatic carbocycles. The number of rotatable bonds is 6. The summed E-state index contributed by atoms with van der Waals surface area (Å²) in [6.07, 6.45) is 4.28. The van der Waals surface area contributed by atoms with E-state index in [1.807, 2.05) is 12.3 Å². The van der Waals surface area contributed by atoms with Crippen molar-refractivity contribution in [1.82, 2.24) is 14.8 Å². The number of pyridine rings is 1. The molecule has 1 aliphatic heterocycles. The summed E-state index contributed by atoms with van der Waals surface area (Å²) in [4.78, 5) is 9.21. The number of benzene rings is 1. The molecule has 4 heteroatoms. The number of likely N-dealkylation sites (tertiary alicyclic amines) is 1. The third-order valence-electron chi connectivity index (χ3n) is 4.87. The predicted octanol–water partition coefficient (Wildman–Crippen LogP) is 3.19. The quantitative estimate of drug-likeness (QED) is 0.815. The molecule has 0 aliphatic carbocycles. The van der Waals surface area contributed by atoms with Gasteiger partial charge in [-0.3, -0.25) is 9.80 Å². The minimum atomic E-state index is 0.649. The van der Waals surface area contributed by atoms with E-state index in [0.29, 0.717) is 11.9 Å². The Bertz CT molecular complexity index is 624. The van der Waals surface area contributed by atoms with E-state index >= 15 is 0 Å². The van der Waals surface area contributed by atoms with Gasteiger partial charge in [-0.25, -0.2) is 4.98 Å². The molecule has 0 spiro atoms. The van der Waals surface area contributed by atoms with E-state index in [9.17, 15) is 0 Å².